The standard InChI is InChI=1S/C25H29N7O/c1-3-4-7-19-16-32(23-13-10-17(23)2)25(33)31(19)15-18-11-12-22(26-14-18)20-8-5-6-9-21(20)24-27-29-30-28-24/h5-6,8-9,11-12,14,16-17,23H,3-4,7,10,13,15H2,1-2H3,(H,27,28,29,30). The van der Waals surface area contributed by atoms with Crippen molar-refractivity contribution in [2.45, 2.75) is 58.5 Å². The minimum absolute atomic E-state index is 0.102. The quantitative estimate of drug-likeness (QED) is 0.439. The first-order valence-corrected chi connectivity index (χ1v) is 11.7. The van der Waals surface area contributed by atoms with Crippen LogP contribution in [-0.2, 0) is 13.0 Å². The first-order valence-electron chi connectivity index (χ1n) is 11.7. The van der Waals surface area contributed by atoms with Crippen molar-refractivity contribution in [1.29, 1.82) is 0 Å². The number of rotatable bonds is 8. The van der Waals surface area contributed by atoms with E-state index in [4.69, 9.17) is 4.98 Å². The van der Waals surface area contributed by atoms with E-state index < -0.39 is 0 Å². The summed E-state index contributed by atoms with van der Waals surface area (Å²) in [6.07, 6.45) is 9.36. The number of hydrogen-bond acceptors (Lipinski definition) is 5. The van der Waals surface area contributed by atoms with Crippen molar-refractivity contribution in [1.82, 2.24) is 34.7 Å². The summed E-state index contributed by atoms with van der Waals surface area (Å²) in [5.74, 6) is 1.17. The third-order valence-electron chi connectivity index (χ3n) is 6.77. The molecule has 2 atom stereocenters. The zero-order valence-electron chi connectivity index (χ0n) is 19.1. The molecule has 2 unspecified atom stereocenters. The average Bonchev–Trinajstić information content (AvgIpc) is 3.47. The maximum atomic E-state index is 13.3. The molecule has 170 valence electrons. The van der Waals surface area contributed by atoms with Crippen molar-refractivity contribution in [3.05, 3.63) is 70.5 Å². The van der Waals surface area contributed by atoms with Crippen molar-refractivity contribution in [2.75, 3.05) is 0 Å². The molecule has 8 nitrogen and oxygen atoms in total. The number of aromatic nitrogens is 7. The largest absolute Gasteiger partial charge is 0.328 e. The number of benzene rings is 1. The van der Waals surface area contributed by atoms with E-state index in [1.807, 2.05) is 45.7 Å². The number of aromatic amines is 1. The van der Waals surface area contributed by atoms with E-state index in [1.165, 1.54) is 6.42 Å². The predicted octanol–water partition coefficient (Wildman–Crippen LogP) is 4.25. The van der Waals surface area contributed by atoms with Crippen LogP contribution in [0, 0.1) is 5.92 Å². The molecule has 8 heteroatoms. The van der Waals surface area contributed by atoms with Gasteiger partial charge >= 0.3 is 5.69 Å². The summed E-state index contributed by atoms with van der Waals surface area (Å²) in [6.45, 7) is 4.95. The Morgan fingerprint density at radius 1 is 1.12 bits per heavy atom. The molecular formula is C25H29N7O. The number of pyridine rings is 1. The highest BCUT2D eigenvalue weighted by atomic mass is 16.1. The fourth-order valence-electron chi connectivity index (χ4n) is 4.62. The van der Waals surface area contributed by atoms with Crippen molar-refractivity contribution in [3.63, 3.8) is 0 Å². The average molecular weight is 444 g/mol. The maximum absolute atomic E-state index is 13.3. The lowest BCUT2D eigenvalue weighted by atomic mass is 9.81. The van der Waals surface area contributed by atoms with Gasteiger partial charge in [-0.25, -0.2) is 9.89 Å². The van der Waals surface area contributed by atoms with Gasteiger partial charge in [-0.3, -0.25) is 14.1 Å². The van der Waals surface area contributed by atoms with Crippen LogP contribution in [0.4, 0.5) is 0 Å². The van der Waals surface area contributed by atoms with Gasteiger partial charge in [-0.2, -0.15) is 0 Å². The van der Waals surface area contributed by atoms with Crippen LogP contribution in [0.2, 0.25) is 0 Å². The van der Waals surface area contributed by atoms with Crippen molar-refractivity contribution < 1.29 is 0 Å². The molecule has 33 heavy (non-hydrogen) atoms. The van der Waals surface area contributed by atoms with Crippen LogP contribution in [0.5, 0.6) is 0 Å². The lowest BCUT2D eigenvalue weighted by Gasteiger charge is -2.34. The summed E-state index contributed by atoms with van der Waals surface area (Å²) < 4.78 is 3.91. The summed E-state index contributed by atoms with van der Waals surface area (Å²) >= 11 is 0. The number of nitrogens with one attached hydrogen (secondary N) is 1. The summed E-state index contributed by atoms with van der Waals surface area (Å²) in [6, 6.07) is 12.3. The smallest absolute Gasteiger partial charge is 0.296 e. The molecule has 1 aliphatic rings. The summed E-state index contributed by atoms with van der Waals surface area (Å²) in [7, 11) is 0. The van der Waals surface area contributed by atoms with E-state index in [1.54, 1.807) is 0 Å². The fraction of sp³-hybridized carbons (Fsp3) is 0.400. The van der Waals surface area contributed by atoms with Crippen LogP contribution in [0.1, 0.15) is 56.8 Å². The van der Waals surface area contributed by atoms with Crippen LogP contribution >= 0.6 is 0 Å². The summed E-state index contributed by atoms with van der Waals surface area (Å²) in [5.41, 5.74) is 4.92. The second kappa shape index (κ2) is 9.13. The Morgan fingerprint density at radius 3 is 2.61 bits per heavy atom. The number of hydrogen-bond donors (Lipinski definition) is 1. The van der Waals surface area contributed by atoms with Gasteiger partial charge in [-0.1, -0.05) is 50.6 Å². The van der Waals surface area contributed by atoms with Crippen LogP contribution in [0.25, 0.3) is 22.6 Å². The molecule has 0 radical (unpaired) electrons. The maximum Gasteiger partial charge on any atom is 0.328 e. The van der Waals surface area contributed by atoms with E-state index in [2.05, 4.69) is 46.7 Å². The molecule has 0 spiro atoms. The van der Waals surface area contributed by atoms with Crippen molar-refractivity contribution >= 4 is 0 Å². The minimum atomic E-state index is 0.102. The first kappa shape index (κ1) is 21.3. The van der Waals surface area contributed by atoms with Crippen molar-refractivity contribution in [2.24, 2.45) is 5.92 Å². The predicted molar refractivity (Wildman–Crippen MR) is 127 cm³/mol. The molecule has 5 rings (SSSR count). The molecular weight excluding hydrogens is 414 g/mol. The molecule has 0 aliphatic heterocycles. The number of tetrazole rings is 1. The van der Waals surface area contributed by atoms with Gasteiger partial charge in [-0.15, -0.1) is 5.10 Å². The van der Waals surface area contributed by atoms with E-state index in [0.717, 1.165) is 53.8 Å². The number of imidazole rings is 1. The second-order valence-electron chi connectivity index (χ2n) is 8.97. The number of unbranched alkanes of at least 4 members (excludes halogenated alkanes) is 1. The van der Waals surface area contributed by atoms with E-state index >= 15 is 0 Å². The number of nitrogens with zero attached hydrogens (tertiary/aromatic N) is 6. The lowest BCUT2D eigenvalue weighted by Crippen LogP contribution is -2.35. The molecule has 0 saturated heterocycles. The Kier molecular flexibility index (Phi) is 5.90. The Balaban J connectivity index is 1.43. The molecule has 4 aromatic rings. The lowest BCUT2D eigenvalue weighted by molar-refractivity contribution is 0.196. The van der Waals surface area contributed by atoms with Gasteiger partial charge in [0, 0.05) is 35.3 Å². The second-order valence-corrected chi connectivity index (χ2v) is 8.97. The molecule has 1 saturated carbocycles. The van der Waals surface area contributed by atoms with Crippen molar-refractivity contribution in [3.8, 4) is 22.6 Å². The molecule has 1 aromatic carbocycles. The highest BCUT2D eigenvalue weighted by Gasteiger charge is 2.30. The zero-order chi connectivity index (χ0) is 22.8. The number of H-pyrrole nitrogens is 1. The molecule has 1 N–H and O–H groups in total. The molecule has 0 bridgehead atoms. The molecule has 1 fully saturated rings. The van der Waals surface area contributed by atoms with Crippen LogP contribution in [-0.4, -0.2) is 34.7 Å². The molecule has 3 heterocycles. The highest BCUT2D eigenvalue weighted by Crippen LogP contribution is 2.37. The Bertz CT molecular complexity index is 1270. The van der Waals surface area contributed by atoms with Gasteiger partial charge in [0.15, 0.2) is 5.82 Å². The van der Waals surface area contributed by atoms with Gasteiger partial charge in [0.25, 0.3) is 0 Å². The van der Waals surface area contributed by atoms with Crippen LogP contribution < -0.4 is 5.69 Å². The molecule has 0 amide bonds. The Morgan fingerprint density at radius 2 is 1.97 bits per heavy atom. The van der Waals surface area contributed by atoms with Gasteiger partial charge in [0.05, 0.1) is 12.2 Å². The van der Waals surface area contributed by atoms with Crippen LogP contribution in [0.15, 0.2) is 53.6 Å². The van der Waals surface area contributed by atoms with E-state index in [-0.39, 0.29) is 5.69 Å². The summed E-state index contributed by atoms with van der Waals surface area (Å²) in [4.78, 5) is 18.0. The fourth-order valence-corrected chi connectivity index (χ4v) is 4.62. The molecule has 3 aromatic heterocycles. The van der Waals surface area contributed by atoms with Crippen LogP contribution in [0.3, 0.4) is 0 Å². The zero-order valence-corrected chi connectivity index (χ0v) is 19.1. The number of aryl methyl sites for hydroxylation is 1. The topological polar surface area (TPSA) is 94.3 Å². The monoisotopic (exact) mass is 443 g/mol. The van der Waals surface area contributed by atoms with Gasteiger partial charge in [-0.05, 0) is 53.7 Å². The minimum Gasteiger partial charge on any atom is -0.296 e. The Hall–Kier alpha value is -3.55. The normalized spacial score (nSPS) is 17.8. The third-order valence-corrected chi connectivity index (χ3v) is 6.77. The SMILES string of the molecule is CCCCc1cn(C2CCC2C)c(=O)n1Cc1ccc(-c2ccccc2-c2nnn[nH]2)nc1. The van der Waals surface area contributed by atoms with Gasteiger partial charge in [0.1, 0.15) is 0 Å². The first-order chi connectivity index (χ1) is 16.2. The van der Waals surface area contributed by atoms with Gasteiger partial charge < -0.3 is 0 Å². The third kappa shape index (κ3) is 4.13. The van der Waals surface area contributed by atoms with E-state index in [0.29, 0.717) is 24.3 Å². The van der Waals surface area contributed by atoms with E-state index in [9.17, 15) is 4.79 Å². The summed E-state index contributed by atoms with van der Waals surface area (Å²) in [5, 5.41) is 14.2. The molecule has 1 aliphatic carbocycles. The Labute approximate surface area is 192 Å². The van der Waals surface area contributed by atoms with Gasteiger partial charge in [0.2, 0.25) is 0 Å². The highest BCUT2D eigenvalue weighted by molar-refractivity contribution is 5.78.